The second-order valence-electron chi connectivity index (χ2n) is 6.37. The maximum atomic E-state index is 13.8. The average Bonchev–Trinajstić information content (AvgIpc) is 2.64. The number of hydrogen-bond acceptors (Lipinski definition) is 3. The van der Waals surface area contributed by atoms with Gasteiger partial charge in [-0.25, -0.2) is 4.39 Å². The third kappa shape index (κ3) is 3.66. The fraction of sp³-hybridized carbons (Fsp3) is 0.381. The van der Waals surface area contributed by atoms with Gasteiger partial charge in [0.1, 0.15) is 5.82 Å². The molecule has 1 aliphatic rings. The van der Waals surface area contributed by atoms with Crippen LogP contribution >= 0.6 is 0 Å². The summed E-state index contributed by atoms with van der Waals surface area (Å²) >= 11 is 0. The highest BCUT2D eigenvalue weighted by molar-refractivity contribution is 5.94. The number of aryl methyl sites for hydroxylation is 1. The predicted octanol–water partition coefficient (Wildman–Crippen LogP) is 4.13. The SMILES string of the molecule is CCOc1cc2c(cc1OCC)CN(C(=O)c1ccc(C)c(F)c1)CC2. The van der Waals surface area contributed by atoms with Crippen molar-refractivity contribution in [2.45, 2.75) is 33.7 Å². The van der Waals surface area contributed by atoms with E-state index in [4.69, 9.17) is 9.47 Å². The third-order valence-corrected chi connectivity index (χ3v) is 4.58. The molecule has 1 aliphatic heterocycles. The minimum atomic E-state index is -0.353. The molecular formula is C21H24FNO3. The average molecular weight is 357 g/mol. The van der Waals surface area contributed by atoms with Gasteiger partial charge in [0.05, 0.1) is 13.2 Å². The summed E-state index contributed by atoms with van der Waals surface area (Å²) in [6, 6.07) is 8.61. The number of amides is 1. The molecule has 0 fully saturated rings. The van der Waals surface area contributed by atoms with Crippen LogP contribution in [0.2, 0.25) is 0 Å². The van der Waals surface area contributed by atoms with Crippen molar-refractivity contribution in [2.75, 3.05) is 19.8 Å². The van der Waals surface area contributed by atoms with Gasteiger partial charge in [-0.1, -0.05) is 6.07 Å². The number of hydrogen-bond donors (Lipinski definition) is 0. The van der Waals surface area contributed by atoms with E-state index in [1.807, 2.05) is 26.0 Å². The number of nitrogens with zero attached hydrogens (tertiary/aromatic N) is 1. The zero-order valence-electron chi connectivity index (χ0n) is 15.5. The molecule has 3 rings (SSSR count). The first kappa shape index (κ1) is 18.2. The zero-order valence-corrected chi connectivity index (χ0v) is 15.5. The number of fused-ring (bicyclic) bond motifs is 1. The summed E-state index contributed by atoms with van der Waals surface area (Å²) in [6.07, 6.45) is 0.738. The lowest BCUT2D eigenvalue weighted by Crippen LogP contribution is -2.36. The lowest BCUT2D eigenvalue weighted by atomic mass is 9.98. The standard InChI is InChI=1S/C21H24FNO3/c1-4-25-19-11-15-8-9-23(13-17(15)12-20(19)26-5-2)21(24)16-7-6-14(3)18(22)10-16/h6-7,10-12H,4-5,8-9,13H2,1-3H3. The van der Waals surface area contributed by atoms with Crippen molar-refractivity contribution < 1.29 is 18.7 Å². The van der Waals surface area contributed by atoms with E-state index in [1.54, 1.807) is 24.0 Å². The quantitative estimate of drug-likeness (QED) is 0.808. The van der Waals surface area contributed by atoms with Gasteiger partial charge in [0, 0.05) is 18.7 Å². The van der Waals surface area contributed by atoms with E-state index in [-0.39, 0.29) is 11.7 Å². The van der Waals surface area contributed by atoms with Gasteiger partial charge < -0.3 is 14.4 Å². The highest BCUT2D eigenvalue weighted by atomic mass is 19.1. The lowest BCUT2D eigenvalue weighted by molar-refractivity contribution is 0.0734. The number of rotatable bonds is 5. The Kier molecular flexibility index (Phi) is 5.45. The second kappa shape index (κ2) is 7.77. The highest BCUT2D eigenvalue weighted by Gasteiger charge is 2.24. The largest absolute Gasteiger partial charge is 0.490 e. The lowest BCUT2D eigenvalue weighted by Gasteiger charge is -2.30. The van der Waals surface area contributed by atoms with Gasteiger partial charge in [-0.2, -0.15) is 0 Å². The molecule has 4 nitrogen and oxygen atoms in total. The van der Waals surface area contributed by atoms with Crippen LogP contribution in [-0.4, -0.2) is 30.6 Å². The van der Waals surface area contributed by atoms with Crippen LogP contribution in [0.15, 0.2) is 30.3 Å². The van der Waals surface area contributed by atoms with Gasteiger partial charge >= 0.3 is 0 Å². The van der Waals surface area contributed by atoms with Gasteiger partial charge in [-0.15, -0.1) is 0 Å². The van der Waals surface area contributed by atoms with Crippen molar-refractivity contribution in [3.05, 3.63) is 58.4 Å². The first-order valence-electron chi connectivity index (χ1n) is 9.00. The van der Waals surface area contributed by atoms with Gasteiger partial charge in [-0.3, -0.25) is 4.79 Å². The zero-order chi connectivity index (χ0) is 18.7. The van der Waals surface area contributed by atoms with Crippen LogP contribution in [-0.2, 0) is 13.0 Å². The van der Waals surface area contributed by atoms with Crippen molar-refractivity contribution in [3.8, 4) is 11.5 Å². The van der Waals surface area contributed by atoms with Gasteiger partial charge in [0.25, 0.3) is 5.91 Å². The molecule has 5 heteroatoms. The molecule has 0 saturated carbocycles. The molecule has 0 radical (unpaired) electrons. The van der Waals surface area contributed by atoms with Crippen molar-refractivity contribution in [2.24, 2.45) is 0 Å². The number of carbonyl (C=O) groups excluding carboxylic acids is 1. The smallest absolute Gasteiger partial charge is 0.254 e. The number of benzene rings is 2. The third-order valence-electron chi connectivity index (χ3n) is 4.58. The maximum Gasteiger partial charge on any atom is 0.254 e. The molecule has 2 aromatic rings. The summed E-state index contributed by atoms with van der Waals surface area (Å²) in [5.74, 6) is 0.937. The van der Waals surface area contributed by atoms with E-state index in [0.29, 0.717) is 43.2 Å². The highest BCUT2D eigenvalue weighted by Crippen LogP contribution is 2.34. The van der Waals surface area contributed by atoms with Crippen LogP contribution < -0.4 is 9.47 Å². The molecule has 0 saturated heterocycles. The molecule has 1 heterocycles. The Morgan fingerprint density at radius 1 is 1.08 bits per heavy atom. The minimum absolute atomic E-state index is 0.151. The van der Waals surface area contributed by atoms with Gasteiger partial charge in [-0.05, 0) is 68.1 Å². The molecule has 0 aliphatic carbocycles. The molecule has 2 aromatic carbocycles. The van der Waals surface area contributed by atoms with Crippen LogP contribution in [0.4, 0.5) is 4.39 Å². The van der Waals surface area contributed by atoms with Crippen molar-refractivity contribution >= 4 is 5.91 Å². The molecule has 138 valence electrons. The number of ether oxygens (including phenoxy) is 2. The Morgan fingerprint density at radius 2 is 1.73 bits per heavy atom. The fourth-order valence-corrected chi connectivity index (χ4v) is 3.18. The molecule has 0 atom stereocenters. The summed E-state index contributed by atoms with van der Waals surface area (Å²) in [7, 11) is 0. The Hall–Kier alpha value is -2.56. The summed E-state index contributed by atoms with van der Waals surface area (Å²) in [5.41, 5.74) is 3.13. The number of halogens is 1. The molecule has 0 unspecified atom stereocenters. The first-order chi connectivity index (χ1) is 12.5. The summed E-state index contributed by atoms with van der Waals surface area (Å²) < 4.78 is 25.2. The number of carbonyl (C=O) groups is 1. The fourth-order valence-electron chi connectivity index (χ4n) is 3.18. The molecule has 0 spiro atoms. The minimum Gasteiger partial charge on any atom is -0.490 e. The summed E-state index contributed by atoms with van der Waals surface area (Å²) in [5, 5.41) is 0. The topological polar surface area (TPSA) is 38.8 Å². The monoisotopic (exact) mass is 357 g/mol. The Balaban J connectivity index is 1.85. The van der Waals surface area contributed by atoms with Crippen LogP contribution in [0.25, 0.3) is 0 Å². The Morgan fingerprint density at radius 3 is 2.35 bits per heavy atom. The van der Waals surface area contributed by atoms with E-state index in [2.05, 4.69) is 0 Å². The molecular weight excluding hydrogens is 333 g/mol. The first-order valence-corrected chi connectivity index (χ1v) is 9.00. The van der Waals surface area contributed by atoms with Gasteiger partial charge in [0.15, 0.2) is 11.5 Å². The second-order valence-corrected chi connectivity index (χ2v) is 6.37. The molecule has 0 aromatic heterocycles. The van der Waals surface area contributed by atoms with Gasteiger partial charge in [0.2, 0.25) is 0 Å². The molecule has 0 bridgehead atoms. The Bertz CT molecular complexity index is 819. The summed E-state index contributed by atoms with van der Waals surface area (Å²) in [6.45, 7) is 7.75. The van der Waals surface area contributed by atoms with E-state index < -0.39 is 0 Å². The van der Waals surface area contributed by atoms with E-state index in [0.717, 1.165) is 23.3 Å². The van der Waals surface area contributed by atoms with Crippen LogP contribution in [0, 0.1) is 12.7 Å². The van der Waals surface area contributed by atoms with Crippen LogP contribution in [0.5, 0.6) is 11.5 Å². The summed E-state index contributed by atoms with van der Waals surface area (Å²) in [4.78, 5) is 14.5. The van der Waals surface area contributed by atoms with E-state index in [1.165, 1.54) is 6.07 Å². The van der Waals surface area contributed by atoms with Crippen molar-refractivity contribution in [3.63, 3.8) is 0 Å². The van der Waals surface area contributed by atoms with Crippen LogP contribution in [0.1, 0.15) is 40.9 Å². The normalized spacial score (nSPS) is 13.3. The molecule has 1 amide bonds. The molecule has 26 heavy (non-hydrogen) atoms. The van der Waals surface area contributed by atoms with E-state index >= 15 is 0 Å². The van der Waals surface area contributed by atoms with Crippen molar-refractivity contribution in [1.29, 1.82) is 0 Å². The van der Waals surface area contributed by atoms with E-state index in [9.17, 15) is 9.18 Å². The van der Waals surface area contributed by atoms with Crippen molar-refractivity contribution in [1.82, 2.24) is 4.90 Å². The Labute approximate surface area is 153 Å². The van der Waals surface area contributed by atoms with Crippen LogP contribution in [0.3, 0.4) is 0 Å². The predicted molar refractivity (Wildman–Crippen MR) is 98.4 cm³/mol. The molecule has 0 N–H and O–H groups in total. The maximum absolute atomic E-state index is 13.8.